The van der Waals surface area contributed by atoms with Gasteiger partial charge < -0.3 is 10.1 Å². The maximum Gasteiger partial charge on any atom is 0.312 e. The number of methoxy groups -OCH3 is 1. The molecule has 2 heterocycles. The smallest absolute Gasteiger partial charge is 0.312 e. The molecular formula is C13H16BrN5O3. The first kappa shape index (κ1) is 16.2. The van der Waals surface area contributed by atoms with E-state index < -0.39 is 4.92 Å². The molecule has 2 aromatic heterocycles. The second-order valence-electron chi connectivity index (χ2n) is 4.54. The highest BCUT2D eigenvalue weighted by Crippen LogP contribution is 2.28. The van der Waals surface area contributed by atoms with Crippen molar-refractivity contribution in [3.63, 3.8) is 0 Å². The Hall–Kier alpha value is -2.16. The number of aromatic nitrogens is 3. The average Bonchev–Trinajstić information content (AvgIpc) is 2.80. The molecule has 0 spiro atoms. The molecular weight excluding hydrogens is 354 g/mol. The zero-order chi connectivity index (χ0) is 16.3. The van der Waals surface area contributed by atoms with Gasteiger partial charge in [-0.25, -0.2) is 9.67 Å². The first-order chi connectivity index (χ1) is 10.5. The fraction of sp³-hybridized carbons (Fsp3) is 0.385. The summed E-state index contributed by atoms with van der Waals surface area (Å²) in [6.45, 7) is 2.33. The van der Waals surface area contributed by atoms with Crippen molar-refractivity contribution < 1.29 is 9.66 Å². The minimum Gasteiger partial charge on any atom is -0.481 e. The topological polar surface area (TPSA) is 95.1 Å². The Morgan fingerprint density at radius 2 is 2.27 bits per heavy atom. The molecule has 2 aromatic rings. The third-order valence-electron chi connectivity index (χ3n) is 3.16. The quantitative estimate of drug-likeness (QED) is 0.621. The van der Waals surface area contributed by atoms with E-state index >= 15 is 0 Å². The van der Waals surface area contributed by atoms with Crippen molar-refractivity contribution in [1.29, 1.82) is 0 Å². The zero-order valence-electron chi connectivity index (χ0n) is 12.5. The number of anilines is 1. The van der Waals surface area contributed by atoms with Gasteiger partial charge in [0.25, 0.3) is 0 Å². The molecule has 22 heavy (non-hydrogen) atoms. The predicted octanol–water partition coefficient (Wildman–Crippen LogP) is 2.67. The van der Waals surface area contributed by atoms with Crippen LogP contribution >= 0.6 is 15.9 Å². The molecule has 2 rings (SSSR count). The van der Waals surface area contributed by atoms with Crippen LogP contribution in [0.15, 0.2) is 16.7 Å². The van der Waals surface area contributed by atoms with E-state index in [1.807, 2.05) is 6.92 Å². The van der Waals surface area contributed by atoms with Gasteiger partial charge in [-0.2, -0.15) is 5.10 Å². The molecule has 1 N–H and O–H groups in total. The number of nitrogens with one attached hydrogen (secondary N) is 1. The Labute approximate surface area is 135 Å². The third kappa shape index (κ3) is 3.19. The molecule has 0 fully saturated rings. The van der Waals surface area contributed by atoms with E-state index in [9.17, 15) is 10.1 Å². The summed E-state index contributed by atoms with van der Waals surface area (Å²) in [6.07, 6.45) is 2.25. The number of hydrogen-bond donors (Lipinski definition) is 1. The number of halogens is 1. The third-order valence-corrected chi connectivity index (χ3v) is 3.60. The van der Waals surface area contributed by atoms with Crippen LogP contribution in [0.25, 0.3) is 0 Å². The lowest BCUT2D eigenvalue weighted by Crippen LogP contribution is -2.07. The number of nitro groups is 1. The molecule has 0 saturated heterocycles. The highest BCUT2D eigenvalue weighted by atomic mass is 79.9. The summed E-state index contributed by atoms with van der Waals surface area (Å²) in [7, 11) is 3.36. The Balaban J connectivity index is 2.29. The lowest BCUT2D eigenvalue weighted by molar-refractivity contribution is -0.384. The van der Waals surface area contributed by atoms with Crippen LogP contribution in [-0.4, -0.2) is 26.8 Å². The first-order valence-corrected chi connectivity index (χ1v) is 7.39. The van der Waals surface area contributed by atoms with Crippen molar-refractivity contribution >= 4 is 27.4 Å². The monoisotopic (exact) mass is 369 g/mol. The standard InChI is InChI=1S/C13H16BrN5O3/c1-4-10-9(13(22-3)18(2)17-10)7-16-12-11(19(20)21)5-8(14)6-15-12/h5-6H,4,7H2,1-3H3,(H,15,16). The maximum absolute atomic E-state index is 11.1. The van der Waals surface area contributed by atoms with Crippen molar-refractivity contribution in [1.82, 2.24) is 14.8 Å². The number of pyridine rings is 1. The van der Waals surface area contributed by atoms with Crippen LogP contribution in [0.1, 0.15) is 18.2 Å². The minimum atomic E-state index is -0.471. The molecule has 8 nitrogen and oxygen atoms in total. The van der Waals surface area contributed by atoms with E-state index in [0.717, 1.165) is 17.7 Å². The molecule has 118 valence electrons. The van der Waals surface area contributed by atoms with Gasteiger partial charge in [0.05, 0.1) is 23.3 Å². The molecule has 0 unspecified atom stereocenters. The van der Waals surface area contributed by atoms with Gasteiger partial charge in [0.15, 0.2) is 0 Å². The lowest BCUT2D eigenvalue weighted by atomic mass is 10.2. The highest BCUT2D eigenvalue weighted by molar-refractivity contribution is 9.10. The Kier molecular flexibility index (Phi) is 4.96. The molecule has 0 saturated carbocycles. The van der Waals surface area contributed by atoms with Crippen LogP contribution in [0.5, 0.6) is 5.88 Å². The number of nitrogens with zero attached hydrogens (tertiary/aromatic N) is 4. The molecule has 0 aromatic carbocycles. The zero-order valence-corrected chi connectivity index (χ0v) is 14.0. The summed E-state index contributed by atoms with van der Waals surface area (Å²) < 4.78 is 7.55. The Bertz CT molecular complexity index is 701. The van der Waals surface area contributed by atoms with Crippen molar-refractivity contribution in [3.8, 4) is 5.88 Å². The Morgan fingerprint density at radius 3 is 2.86 bits per heavy atom. The van der Waals surface area contributed by atoms with Crippen LogP contribution in [0.4, 0.5) is 11.5 Å². The number of aryl methyl sites for hydroxylation is 2. The summed E-state index contributed by atoms with van der Waals surface area (Å²) in [6, 6.07) is 1.41. The van der Waals surface area contributed by atoms with Gasteiger partial charge in [-0.3, -0.25) is 10.1 Å². The van der Waals surface area contributed by atoms with E-state index in [1.165, 1.54) is 12.3 Å². The molecule has 0 bridgehead atoms. The van der Waals surface area contributed by atoms with Crippen molar-refractivity contribution in [2.75, 3.05) is 12.4 Å². The number of ether oxygens (including phenoxy) is 1. The van der Waals surface area contributed by atoms with Crippen molar-refractivity contribution in [2.24, 2.45) is 7.05 Å². The molecule has 9 heteroatoms. The van der Waals surface area contributed by atoms with Crippen molar-refractivity contribution in [3.05, 3.63) is 38.1 Å². The molecule has 0 radical (unpaired) electrons. The van der Waals surface area contributed by atoms with Crippen LogP contribution < -0.4 is 10.1 Å². The predicted molar refractivity (Wildman–Crippen MR) is 85.1 cm³/mol. The van der Waals surface area contributed by atoms with E-state index in [0.29, 0.717) is 16.9 Å². The summed E-state index contributed by atoms with van der Waals surface area (Å²) in [5.41, 5.74) is 1.66. The first-order valence-electron chi connectivity index (χ1n) is 6.60. The van der Waals surface area contributed by atoms with Crippen LogP contribution in [0.2, 0.25) is 0 Å². The SMILES string of the molecule is CCc1nn(C)c(OC)c1CNc1ncc(Br)cc1[N+](=O)[O-]. The van der Waals surface area contributed by atoms with Gasteiger partial charge in [0, 0.05) is 30.3 Å². The Morgan fingerprint density at radius 1 is 1.55 bits per heavy atom. The number of rotatable bonds is 6. The molecule has 0 aliphatic rings. The van der Waals surface area contributed by atoms with E-state index in [1.54, 1.807) is 18.8 Å². The summed E-state index contributed by atoms with van der Waals surface area (Å²) >= 11 is 3.18. The van der Waals surface area contributed by atoms with Crippen LogP contribution in [0, 0.1) is 10.1 Å². The van der Waals surface area contributed by atoms with E-state index in [2.05, 4.69) is 31.3 Å². The second kappa shape index (κ2) is 6.73. The van der Waals surface area contributed by atoms with Gasteiger partial charge in [-0.05, 0) is 22.4 Å². The molecule has 0 aliphatic carbocycles. The van der Waals surface area contributed by atoms with Crippen LogP contribution in [-0.2, 0) is 20.0 Å². The summed E-state index contributed by atoms with van der Waals surface area (Å²) in [5.74, 6) is 0.838. The fourth-order valence-corrected chi connectivity index (χ4v) is 2.52. The van der Waals surface area contributed by atoms with Gasteiger partial charge >= 0.3 is 5.69 Å². The van der Waals surface area contributed by atoms with E-state index in [-0.39, 0.29) is 11.5 Å². The average molecular weight is 370 g/mol. The lowest BCUT2D eigenvalue weighted by Gasteiger charge is -2.08. The molecule has 0 aliphatic heterocycles. The molecule has 0 atom stereocenters. The van der Waals surface area contributed by atoms with Crippen LogP contribution in [0.3, 0.4) is 0 Å². The molecule has 0 amide bonds. The van der Waals surface area contributed by atoms with Crippen molar-refractivity contribution in [2.45, 2.75) is 19.9 Å². The van der Waals surface area contributed by atoms with Gasteiger partial charge in [0.2, 0.25) is 11.7 Å². The van der Waals surface area contributed by atoms with E-state index in [4.69, 9.17) is 4.74 Å². The minimum absolute atomic E-state index is 0.0877. The number of hydrogen-bond acceptors (Lipinski definition) is 6. The van der Waals surface area contributed by atoms with Gasteiger partial charge in [-0.15, -0.1) is 0 Å². The fourth-order valence-electron chi connectivity index (χ4n) is 2.20. The van der Waals surface area contributed by atoms with Gasteiger partial charge in [0.1, 0.15) is 0 Å². The maximum atomic E-state index is 11.1. The normalized spacial score (nSPS) is 10.5. The summed E-state index contributed by atoms with van der Waals surface area (Å²) in [5, 5.41) is 18.5. The van der Waals surface area contributed by atoms with Gasteiger partial charge in [-0.1, -0.05) is 6.92 Å². The highest BCUT2D eigenvalue weighted by Gasteiger charge is 2.19. The largest absolute Gasteiger partial charge is 0.481 e. The summed E-state index contributed by atoms with van der Waals surface area (Å²) in [4.78, 5) is 14.7. The second-order valence-corrected chi connectivity index (χ2v) is 5.46.